The Kier molecular flexibility index (Phi) is 4.53. The van der Waals surface area contributed by atoms with E-state index in [1.807, 2.05) is 6.07 Å². The SMILES string of the molecule is N[C@@](CS)(C(=O)O)C(=O)OCc1ccccc1. The van der Waals surface area contributed by atoms with Gasteiger partial charge in [0.1, 0.15) is 6.61 Å². The molecule has 0 amide bonds. The number of carboxylic acid groups (broad SMARTS) is 1. The first kappa shape index (κ1) is 13.5. The number of carbonyl (C=O) groups is 2. The molecule has 0 unspecified atom stereocenters. The van der Waals surface area contributed by atoms with Crippen LogP contribution in [-0.2, 0) is 20.9 Å². The van der Waals surface area contributed by atoms with Crippen molar-refractivity contribution < 1.29 is 19.4 Å². The zero-order valence-corrected chi connectivity index (χ0v) is 9.89. The Labute approximate surface area is 104 Å². The predicted molar refractivity (Wildman–Crippen MR) is 64.6 cm³/mol. The van der Waals surface area contributed by atoms with Gasteiger partial charge in [0.05, 0.1) is 0 Å². The van der Waals surface area contributed by atoms with E-state index < -0.39 is 17.5 Å². The maximum Gasteiger partial charge on any atom is 0.339 e. The summed E-state index contributed by atoms with van der Waals surface area (Å²) in [5.74, 6) is -2.77. The highest BCUT2D eigenvalue weighted by Crippen LogP contribution is 2.09. The number of esters is 1. The molecule has 0 heterocycles. The molecule has 1 aromatic carbocycles. The maximum absolute atomic E-state index is 11.5. The Morgan fingerprint density at radius 1 is 1.35 bits per heavy atom. The van der Waals surface area contributed by atoms with Crippen LogP contribution in [0.15, 0.2) is 30.3 Å². The summed E-state index contributed by atoms with van der Waals surface area (Å²) in [4.78, 5) is 22.4. The summed E-state index contributed by atoms with van der Waals surface area (Å²) in [6.45, 7) is -0.0142. The van der Waals surface area contributed by atoms with Gasteiger partial charge in [-0.15, -0.1) is 0 Å². The molecule has 0 aliphatic heterocycles. The number of ether oxygens (including phenoxy) is 1. The lowest BCUT2D eigenvalue weighted by atomic mass is 10.1. The molecule has 92 valence electrons. The second-order valence-corrected chi connectivity index (χ2v) is 3.81. The minimum atomic E-state index is -2.10. The van der Waals surface area contributed by atoms with Gasteiger partial charge in [0.25, 0.3) is 0 Å². The van der Waals surface area contributed by atoms with E-state index in [0.717, 1.165) is 5.56 Å². The third kappa shape index (κ3) is 3.21. The first-order chi connectivity index (χ1) is 8.00. The summed E-state index contributed by atoms with van der Waals surface area (Å²) in [7, 11) is 0. The Morgan fingerprint density at radius 3 is 2.41 bits per heavy atom. The Balaban J connectivity index is 2.64. The van der Waals surface area contributed by atoms with E-state index >= 15 is 0 Å². The zero-order chi connectivity index (χ0) is 12.9. The quantitative estimate of drug-likeness (QED) is 0.403. The molecule has 0 saturated heterocycles. The predicted octanol–water partition coefficient (Wildman–Crippen LogP) is 0.442. The molecule has 0 aromatic heterocycles. The fourth-order valence-electron chi connectivity index (χ4n) is 1.07. The molecule has 1 aromatic rings. The Morgan fingerprint density at radius 2 is 1.94 bits per heavy atom. The number of carboxylic acids is 1. The summed E-state index contributed by atoms with van der Waals surface area (Å²) in [5, 5.41) is 8.83. The first-order valence-corrected chi connectivity index (χ1v) is 5.48. The van der Waals surface area contributed by atoms with Crippen LogP contribution in [0.4, 0.5) is 0 Å². The van der Waals surface area contributed by atoms with Crippen LogP contribution in [0.25, 0.3) is 0 Å². The minimum Gasteiger partial charge on any atom is -0.479 e. The standard InChI is InChI=1S/C11H13NO4S/c12-11(7-17,9(13)14)10(15)16-6-8-4-2-1-3-5-8/h1-5,17H,6-7,12H2,(H,13,14)/t11-/m0/s1. The lowest BCUT2D eigenvalue weighted by Gasteiger charge is -2.20. The van der Waals surface area contributed by atoms with Crippen LogP contribution in [-0.4, -0.2) is 28.3 Å². The molecule has 0 fully saturated rings. The van der Waals surface area contributed by atoms with Gasteiger partial charge in [-0.25, -0.2) is 9.59 Å². The number of thiol groups is 1. The smallest absolute Gasteiger partial charge is 0.339 e. The summed E-state index contributed by atoms with van der Waals surface area (Å²) in [5.41, 5.74) is 4.06. The van der Waals surface area contributed by atoms with Crippen molar-refractivity contribution in [3.8, 4) is 0 Å². The highest BCUT2D eigenvalue weighted by Gasteiger charge is 2.42. The topological polar surface area (TPSA) is 89.6 Å². The van der Waals surface area contributed by atoms with Crippen molar-refractivity contribution >= 4 is 24.6 Å². The van der Waals surface area contributed by atoms with Crippen molar-refractivity contribution in [2.24, 2.45) is 5.73 Å². The van der Waals surface area contributed by atoms with Crippen LogP contribution in [0.5, 0.6) is 0 Å². The largest absolute Gasteiger partial charge is 0.479 e. The van der Waals surface area contributed by atoms with E-state index in [1.54, 1.807) is 24.3 Å². The molecule has 0 aliphatic rings. The fraction of sp³-hybridized carbons (Fsp3) is 0.273. The molecule has 0 bridgehead atoms. The van der Waals surface area contributed by atoms with Gasteiger partial charge in [0.2, 0.25) is 5.54 Å². The number of carbonyl (C=O) groups excluding carboxylic acids is 1. The van der Waals surface area contributed by atoms with E-state index in [1.165, 1.54) is 0 Å². The van der Waals surface area contributed by atoms with Crippen LogP contribution >= 0.6 is 12.6 Å². The average molecular weight is 255 g/mol. The minimum absolute atomic E-state index is 0.0142. The van der Waals surface area contributed by atoms with E-state index in [0.29, 0.717) is 0 Å². The van der Waals surface area contributed by atoms with Crippen LogP contribution < -0.4 is 5.73 Å². The maximum atomic E-state index is 11.5. The summed E-state index contributed by atoms with van der Waals surface area (Å²) in [6.07, 6.45) is 0. The molecule has 1 rings (SSSR count). The number of benzene rings is 1. The van der Waals surface area contributed by atoms with Crippen molar-refractivity contribution in [2.45, 2.75) is 12.1 Å². The van der Waals surface area contributed by atoms with Gasteiger partial charge in [-0.2, -0.15) is 12.6 Å². The molecule has 0 saturated carbocycles. The average Bonchev–Trinajstić information content (AvgIpc) is 2.35. The summed E-state index contributed by atoms with van der Waals surface area (Å²) >= 11 is 3.75. The van der Waals surface area contributed by atoms with E-state index in [-0.39, 0.29) is 12.4 Å². The van der Waals surface area contributed by atoms with Gasteiger partial charge >= 0.3 is 11.9 Å². The van der Waals surface area contributed by atoms with Crippen LogP contribution in [0.3, 0.4) is 0 Å². The Bertz CT molecular complexity index is 409. The normalized spacial score (nSPS) is 13.8. The monoisotopic (exact) mass is 255 g/mol. The molecule has 17 heavy (non-hydrogen) atoms. The van der Waals surface area contributed by atoms with Gasteiger partial charge in [-0.1, -0.05) is 30.3 Å². The van der Waals surface area contributed by atoms with Crippen molar-refractivity contribution in [3.05, 3.63) is 35.9 Å². The summed E-state index contributed by atoms with van der Waals surface area (Å²) in [6, 6.07) is 8.91. The van der Waals surface area contributed by atoms with Crippen molar-refractivity contribution in [2.75, 3.05) is 5.75 Å². The molecule has 6 heteroatoms. The second-order valence-electron chi connectivity index (χ2n) is 3.50. The lowest BCUT2D eigenvalue weighted by molar-refractivity contribution is -0.160. The number of hydrogen-bond donors (Lipinski definition) is 3. The molecule has 3 N–H and O–H groups in total. The highest BCUT2D eigenvalue weighted by molar-refractivity contribution is 7.80. The van der Waals surface area contributed by atoms with E-state index in [2.05, 4.69) is 12.6 Å². The number of hydrogen-bond acceptors (Lipinski definition) is 5. The first-order valence-electron chi connectivity index (χ1n) is 4.85. The van der Waals surface area contributed by atoms with Gasteiger partial charge in [0, 0.05) is 5.75 Å². The number of nitrogens with two attached hydrogens (primary N) is 1. The number of aliphatic carboxylic acids is 1. The molecule has 0 spiro atoms. The van der Waals surface area contributed by atoms with Crippen molar-refractivity contribution in [1.29, 1.82) is 0 Å². The van der Waals surface area contributed by atoms with Crippen molar-refractivity contribution in [1.82, 2.24) is 0 Å². The van der Waals surface area contributed by atoms with Crippen LogP contribution in [0, 0.1) is 0 Å². The van der Waals surface area contributed by atoms with Crippen molar-refractivity contribution in [3.63, 3.8) is 0 Å². The molecule has 0 aliphatic carbocycles. The van der Waals surface area contributed by atoms with Gasteiger partial charge in [-0.05, 0) is 5.56 Å². The lowest BCUT2D eigenvalue weighted by Crippen LogP contribution is -2.57. The summed E-state index contributed by atoms with van der Waals surface area (Å²) < 4.78 is 4.85. The molecular formula is C11H13NO4S. The third-order valence-electron chi connectivity index (χ3n) is 2.21. The van der Waals surface area contributed by atoms with Gasteiger partial charge in [0.15, 0.2) is 0 Å². The molecular weight excluding hydrogens is 242 g/mol. The van der Waals surface area contributed by atoms with E-state index in [4.69, 9.17) is 15.6 Å². The fourth-order valence-corrected chi connectivity index (χ4v) is 1.34. The van der Waals surface area contributed by atoms with Crippen LogP contribution in [0.2, 0.25) is 0 Å². The molecule has 1 atom stereocenters. The Hall–Kier alpha value is -1.53. The van der Waals surface area contributed by atoms with E-state index in [9.17, 15) is 9.59 Å². The van der Waals surface area contributed by atoms with Crippen LogP contribution in [0.1, 0.15) is 5.56 Å². The van der Waals surface area contributed by atoms with Gasteiger partial charge < -0.3 is 15.6 Å². The molecule has 0 radical (unpaired) electrons. The van der Waals surface area contributed by atoms with Gasteiger partial charge in [-0.3, -0.25) is 0 Å². The molecule has 5 nitrogen and oxygen atoms in total. The third-order valence-corrected chi connectivity index (χ3v) is 2.71. The second kappa shape index (κ2) is 5.70. The number of rotatable bonds is 5. The zero-order valence-electron chi connectivity index (χ0n) is 9.00. The highest BCUT2D eigenvalue weighted by atomic mass is 32.1.